The van der Waals surface area contributed by atoms with Crippen LogP contribution in [0.25, 0.3) is 22.4 Å². The Hall–Kier alpha value is -1.88. The quantitative estimate of drug-likeness (QED) is 0.580. The number of nitrogens with zero attached hydrogens (tertiary/aromatic N) is 2. The van der Waals surface area contributed by atoms with Crippen molar-refractivity contribution in [1.29, 1.82) is 0 Å². The molecule has 3 nitrogen and oxygen atoms in total. The number of pyridine rings is 1. The van der Waals surface area contributed by atoms with E-state index < -0.39 is 0 Å². The van der Waals surface area contributed by atoms with Gasteiger partial charge in [0, 0.05) is 36.1 Å². The number of hydrogen-bond acceptors (Lipinski definition) is 2. The molecule has 0 amide bonds. The van der Waals surface area contributed by atoms with E-state index in [1.54, 1.807) is 0 Å². The Kier molecular flexibility index (Phi) is 7.64. The number of halogens is 3. The number of rotatable bonds is 3. The van der Waals surface area contributed by atoms with Crippen LogP contribution in [0.1, 0.15) is 25.0 Å². The lowest BCUT2D eigenvalue weighted by atomic mass is 9.84. The number of likely N-dealkylation sites (tertiary alicyclic amines) is 1. The number of hydrogen-bond donors (Lipinski definition) is 1. The van der Waals surface area contributed by atoms with Crippen molar-refractivity contribution < 1.29 is 4.39 Å². The highest BCUT2D eigenvalue weighted by molar-refractivity contribution is 5.85. The van der Waals surface area contributed by atoms with Crippen molar-refractivity contribution in [3.05, 3.63) is 66.4 Å². The minimum absolute atomic E-state index is 0. The summed E-state index contributed by atoms with van der Waals surface area (Å²) in [6, 6.07) is 13.0. The second kappa shape index (κ2) is 9.55. The van der Waals surface area contributed by atoms with Gasteiger partial charge < -0.3 is 9.88 Å². The van der Waals surface area contributed by atoms with Crippen molar-refractivity contribution in [2.75, 3.05) is 20.1 Å². The summed E-state index contributed by atoms with van der Waals surface area (Å²) in [6.07, 6.45) is 4.78. The Morgan fingerprint density at radius 1 is 1.04 bits per heavy atom. The Bertz CT molecular complexity index is 881. The summed E-state index contributed by atoms with van der Waals surface area (Å²) in [5, 5.41) is 0. The molecule has 1 aliphatic rings. The summed E-state index contributed by atoms with van der Waals surface area (Å²) >= 11 is 0. The van der Waals surface area contributed by atoms with Crippen molar-refractivity contribution in [3.8, 4) is 22.4 Å². The number of piperidine rings is 1. The van der Waals surface area contributed by atoms with Crippen molar-refractivity contribution in [2.24, 2.45) is 5.92 Å². The molecule has 3 heterocycles. The molecule has 0 saturated carbocycles. The minimum Gasteiger partial charge on any atom is -0.358 e. The Balaban J connectivity index is 0.00000140. The molecule has 0 spiro atoms. The van der Waals surface area contributed by atoms with Gasteiger partial charge in [0.15, 0.2) is 0 Å². The third-order valence-corrected chi connectivity index (χ3v) is 5.47. The summed E-state index contributed by atoms with van der Waals surface area (Å²) in [6.45, 7) is 4.55. The topological polar surface area (TPSA) is 31.9 Å². The van der Waals surface area contributed by atoms with Crippen molar-refractivity contribution in [3.63, 3.8) is 0 Å². The van der Waals surface area contributed by atoms with E-state index >= 15 is 0 Å². The average molecular weight is 422 g/mol. The molecule has 1 aromatic carbocycles. The summed E-state index contributed by atoms with van der Waals surface area (Å²) in [5.74, 6) is 0.898. The molecule has 1 saturated heterocycles. The molecule has 1 N–H and O–H groups in total. The fourth-order valence-corrected chi connectivity index (χ4v) is 4.09. The predicted molar refractivity (Wildman–Crippen MR) is 118 cm³/mol. The van der Waals surface area contributed by atoms with E-state index in [0.29, 0.717) is 11.8 Å². The SMILES string of the molecule is C[C@@H]1CN(C)CC[C@H]1c1cc(-c2ccncc2)c(-c2ccc(F)cc2)[nH]1.Cl.Cl. The van der Waals surface area contributed by atoms with Crippen LogP contribution in [-0.4, -0.2) is 35.0 Å². The maximum absolute atomic E-state index is 13.4. The average Bonchev–Trinajstić information content (AvgIpc) is 3.08. The van der Waals surface area contributed by atoms with E-state index in [1.165, 1.54) is 17.8 Å². The van der Waals surface area contributed by atoms with Gasteiger partial charge in [-0.3, -0.25) is 4.98 Å². The lowest BCUT2D eigenvalue weighted by molar-refractivity contribution is 0.194. The molecule has 150 valence electrons. The van der Waals surface area contributed by atoms with E-state index in [9.17, 15) is 4.39 Å². The molecule has 0 radical (unpaired) electrons. The number of H-pyrrole nitrogens is 1. The first kappa shape index (κ1) is 22.4. The largest absolute Gasteiger partial charge is 0.358 e. The maximum Gasteiger partial charge on any atom is 0.123 e. The van der Waals surface area contributed by atoms with Crippen LogP contribution in [0.3, 0.4) is 0 Å². The molecular weight excluding hydrogens is 396 g/mol. The first-order valence-electron chi connectivity index (χ1n) is 9.19. The highest BCUT2D eigenvalue weighted by Gasteiger charge is 2.28. The summed E-state index contributed by atoms with van der Waals surface area (Å²) in [4.78, 5) is 10.2. The highest BCUT2D eigenvalue weighted by Crippen LogP contribution is 2.38. The second-order valence-corrected chi connectivity index (χ2v) is 7.39. The van der Waals surface area contributed by atoms with Gasteiger partial charge in [-0.15, -0.1) is 24.8 Å². The summed E-state index contributed by atoms with van der Waals surface area (Å²) in [7, 11) is 2.19. The van der Waals surface area contributed by atoms with Crippen molar-refractivity contribution >= 4 is 24.8 Å². The fraction of sp³-hybridized carbons (Fsp3) is 0.318. The molecule has 2 atom stereocenters. The predicted octanol–water partition coefficient (Wildman–Crippen LogP) is 5.78. The first-order valence-corrected chi connectivity index (χ1v) is 9.19. The smallest absolute Gasteiger partial charge is 0.123 e. The number of aromatic amines is 1. The third-order valence-electron chi connectivity index (χ3n) is 5.47. The van der Waals surface area contributed by atoms with E-state index in [0.717, 1.165) is 41.9 Å². The van der Waals surface area contributed by atoms with Gasteiger partial charge in [-0.05, 0) is 79.5 Å². The van der Waals surface area contributed by atoms with Gasteiger partial charge in [0.25, 0.3) is 0 Å². The lowest BCUT2D eigenvalue weighted by Crippen LogP contribution is -2.35. The number of nitrogens with one attached hydrogen (secondary N) is 1. The normalized spacial score (nSPS) is 19.5. The molecule has 0 aliphatic carbocycles. The third kappa shape index (κ3) is 4.57. The monoisotopic (exact) mass is 421 g/mol. The molecule has 3 aromatic rings. The number of benzene rings is 1. The molecule has 28 heavy (non-hydrogen) atoms. The zero-order valence-electron chi connectivity index (χ0n) is 16.1. The van der Waals surface area contributed by atoms with Crippen LogP contribution < -0.4 is 0 Å². The van der Waals surface area contributed by atoms with Gasteiger partial charge in [-0.1, -0.05) is 6.92 Å². The van der Waals surface area contributed by atoms with Gasteiger partial charge in [-0.2, -0.15) is 0 Å². The summed E-state index contributed by atoms with van der Waals surface area (Å²) in [5.41, 5.74) is 5.61. The molecule has 0 bridgehead atoms. The molecule has 1 fully saturated rings. The van der Waals surface area contributed by atoms with Gasteiger partial charge in [-0.25, -0.2) is 4.39 Å². The first-order chi connectivity index (χ1) is 12.6. The zero-order chi connectivity index (χ0) is 18.1. The Labute approximate surface area is 178 Å². The van der Waals surface area contributed by atoms with E-state index in [1.807, 2.05) is 36.7 Å². The summed E-state index contributed by atoms with van der Waals surface area (Å²) < 4.78 is 13.4. The second-order valence-electron chi connectivity index (χ2n) is 7.39. The van der Waals surface area contributed by atoms with Crippen LogP contribution in [0.4, 0.5) is 4.39 Å². The van der Waals surface area contributed by atoms with E-state index in [2.05, 4.69) is 34.9 Å². The standard InChI is InChI=1S/C22H24FN3.2ClH/c1-15-14-26(2)12-9-19(15)21-13-20(16-7-10-24-11-8-16)22(25-21)17-3-5-18(23)6-4-17;;/h3-8,10-11,13,15,19,25H,9,12,14H2,1-2H3;2*1H/t15-,19-;;/m1../s1. The maximum atomic E-state index is 13.4. The van der Waals surface area contributed by atoms with E-state index in [-0.39, 0.29) is 30.6 Å². The molecule has 6 heteroatoms. The van der Waals surface area contributed by atoms with Crippen molar-refractivity contribution in [1.82, 2.24) is 14.9 Å². The van der Waals surface area contributed by atoms with Gasteiger partial charge in [0.1, 0.15) is 5.82 Å². The Morgan fingerprint density at radius 3 is 2.36 bits per heavy atom. The van der Waals surface area contributed by atoms with Crippen LogP contribution in [0, 0.1) is 11.7 Å². The molecular formula is C22H26Cl2FN3. The van der Waals surface area contributed by atoms with Gasteiger partial charge in [0.05, 0.1) is 5.69 Å². The molecule has 4 rings (SSSR count). The van der Waals surface area contributed by atoms with Crippen molar-refractivity contribution in [2.45, 2.75) is 19.3 Å². The number of aromatic nitrogens is 2. The van der Waals surface area contributed by atoms with Crippen LogP contribution >= 0.6 is 24.8 Å². The van der Waals surface area contributed by atoms with Crippen LogP contribution in [0.5, 0.6) is 0 Å². The molecule has 0 unspecified atom stereocenters. The Morgan fingerprint density at radius 2 is 1.71 bits per heavy atom. The lowest BCUT2D eigenvalue weighted by Gasteiger charge is -2.34. The highest BCUT2D eigenvalue weighted by atomic mass is 35.5. The van der Waals surface area contributed by atoms with Crippen LogP contribution in [0.2, 0.25) is 0 Å². The van der Waals surface area contributed by atoms with Gasteiger partial charge in [0.2, 0.25) is 0 Å². The molecule has 1 aliphatic heterocycles. The van der Waals surface area contributed by atoms with Gasteiger partial charge >= 0.3 is 0 Å². The van der Waals surface area contributed by atoms with E-state index in [4.69, 9.17) is 0 Å². The van der Waals surface area contributed by atoms with Crippen LogP contribution in [-0.2, 0) is 0 Å². The molecule has 2 aromatic heterocycles. The fourth-order valence-electron chi connectivity index (χ4n) is 4.09. The van der Waals surface area contributed by atoms with Crippen LogP contribution in [0.15, 0.2) is 54.9 Å². The zero-order valence-corrected chi connectivity index (χ0v) is 17.7. The minimum atomic E-state index is -0.213.